The molecule has 0 unspecified atom stereocenters. The highest BCUT2D eigenvalue weighted by atomic mass is 35.5. The predicted octanol–water partition coefficient (Wildman–Crippen LogP) is 2.44. The molecule has 0 amide bonds. The van der Waals surface area contributed by atoms with Gasteiger partial charge in [0.05, 0.1) is 12.0 Å². The van der Waals surface area contributed by atoms with Crippen molar-refractivity contribution in [3.05, 3.63) is 16.4 Å². The number of hydrogen-bond donors (Lipinski definition) is 0. The molecule has 11 heavy (non-hydrogen) atoms. The highest BCUT2D eigenvalue weighted by molar-refractivity contribution is 7.94. The number of rotatable bonds is 2. The number of nitrogens with zero attached hydrogens (tertiary/aromatic N) is 2. The van der Waals surface area contributed by atoms with Gasteiger partial charge < -0.3 is 4.18 Å². The molecule has 0 aromatic carbocycles. The van der Waals surface area contributed by atoms with Crippen LogP contribution in [-0.4, -0.2) is 16.2 Å². The molecule has 1 aromatic rings. The molecule has 0 bridgehead atoms. The Balaban J connectivity index is 2.89. The quantitative estimate of drug-likeness (QED) is 0.555. The van der Waals surface area contributed by atoms with Crippen molar-refractivity contribution in [2.75, 3.05) is 6.26 Å². The van der Waals surface area contributed by atoms with E-state index in [1.165, 1.54) is 6.07 Å². The first-order chi connectivity index (χ1) is 5.22. The van der Waals surface area contributed by atoms with Crippen molar-refractivity contribution in [1.82, 2.24) is 9.97 Å². The van der Waals surface area contributed by atoms with Gasteiger partial charge >= 0.3 is 6.01 Å². The normalized spacial score (nSPS) is 9.73. The third-order valence-corrected chi connectivity index (χ3v) is 1.50. The lowest BCUT2D eigenvalue weighted by Gasteiger charge is -1.98. The first-order valence-corrected chi connectivity index (χ1v) is 4.53. The molecule has 0 saturated carbocycles. The van der Waals surface area contributed by atoms with Crippen molar-refractivity contribution in [2.24, 2.45) is 0 Å². The Morgan fingerprint density at radius 2 is 1.91 bits per heavy atom. The van der Waals surface area contributed by atoms with E-state index in [1.54, 1.807) is 6.26 Å². The molecular formula is C5H4Cl2N2OS. The molecule has 1 aromatic heterocycles. The van der Waals surface area contributed by atoms with E-state index >= 15 is 0 Å². The second-order valence-corrected chi connectivity index (χ2v) is 2.82. The van der Waals surface area contributed by atoms with Crippen molar-refractivity contribution >= 4 is 35.2 Å². The van der Waals surface area contributed by atoms with Crippen LogP contribution in [0, 0.1) is 0 Å². The van der Waals surface area contributed by atoms with Gasteiger partial charge in [0.25, 0.3) is 0 Å². The molecule has 0 aliphatic rings. The molecule has 0 N–H and O–H groups in total. The lowest BCUT2D eigenvalue weighted by atomic mass is 10.7. The summed E-state index contributed by atoms with van der Waals surface area (Å²) in [6.07, 6.45) is 1.75. The van der Waals surface area contributed by atoms with Gasteiger partial charge in [-0.25, -0.2) is 0 Å². The maximum absolute atomic E-state index is 5.56. The van der Waals surface area contributed by atoms with Gasteiger partial charge in [-0.05, 0) is 0 Å². The molecule has 3 nitrogen and oxygen atoms in total. The smallest absolute Gasteiger partial charge is 0.331 e. The first kappa shape index (κ1) is 8.90. The fraction of sp³-hybridized carbons (Fsp3) is 0.200. The summed E-state index contributed by atoms with van der Waals surface area (Å²) < 4.78 is 4.89. The molecule has 0 fully saturated rings. The summed E-state index contributed by atoms with van der Waals surface area (Å²) in [6, 6.07) is 1.62. The van der Waals surface area contributed by atoms with E-state index in [0.29, 0.717) is 0 Å². The van der Waals surface area contributed by atoms with E-state index in [0.717, 1.165) is 12.0 Å². The Morgan fingerprint density at radius 3 is 2.36 bits per heavy atom. The molecule has 0 atom stereocenters. The van der Waals surface area contributed by atoms with Crippen LogP contribution in [-0.2, 0) is 0 Å². The van der Waals surface area contributed by atoms with E-state index in [1.807, 2.05) is 0 Å². The summed E-state index contributed by atoms with van der Waals surface area (Å²) in [5, 5.41) is 0.545. The zero-order valence-electron chi connectivity index (χ0n) is 5.54. The maximum atomic E-state index is 5.56. The molecule has 0 radical (unpaired) electrons. The zero-order valence-corrected chi connectivity index (χ0v) is 7.87. The van der Waals surface area contributed by atoms with Crippen molar-refractivity contribution in [1.29, 1.82) is 0 Å². The summed E-state index contributed by atoms with van der Waals surface area (Å²) >= 11 is 12.3. The van der Waals surface area contributed by atoms with Crippen LogP contribution in [0.3, 0.4) is 0 Å². The Morgan fingerprint density at radius 1 is 1.36 bits per heavy atom. The van der Waals surface area contributed by atoms with Crippen LogP contribution in [0.15, 0.2) is 6.07 Å². The van der Waals surface area contributed by atoms with Crippen molar-refractivity contribution in [2.45, 2.75) is 0 Å². The van der Waals surface area contributed by atoms with Crippen LogP contribution in [0.1, 0.15) is 0 Å². The van der Waals surface area contributed by atoms with Crippen LogP contribution < -0.4 is 4.18 Å². The summed E-state index contributed by atoms with van der Waals surface area (Å²) in [5.74, 6) is 0. The van der Waals surface area contributed by atoms with E-state index in [4.69, 9.17) is 27.4 Å². The van der Waals surface area contributed by atoms with Crippen LogP contribution in [0.5, 0.6) is 6.01 Å². The SMILES string of the molecule is CSOc1nc(Cl)cc(Cl)n1. The Labute approximate surface area is 78.3 Å². The molecule has 0 spiro atoms. The largest absolute Gasteiger partial charge is 0.389 e. The van der Waals surface area contributed by atoms with Gasteiger partial charge in [-0.15, -0.1) is 0 Å². The van der Waals surface area contributed by atoms with Crippen LogP contribution in [0.25, 0.3) is 0 Å². The maximum Gasteiger partial charge on any atom is 0.331 e. The van der Waals surface area contributed by atoms with Crippen LogP contribution in [0.2, 0.25) is 10.3 Å². The minimum Gasteiger partial charge on any atom is -0.389 e. The second-order valence-electron chi connectivity index (χ2n) is 1.55. The molecule has 1 rings (SSSR count). The van der Waals surface area contributed by atoms with Crippen LogP contribution in [0.4, 0.5) is 0 Å². The van der Waals surface area contributed by atoms with Crippen molar-refractivity contribution < 1.29 is 4.18 Å². The standard InChI is InChI=1S/C5H4Cl2N2OS/c1-11-10-5-8-3(6)2-4(7)9-5/h2H,1H3. The Hall–Kier alpha value is -0.190. The number of aromatic nitrogens is 2. The average Bonchev–Trinajstić information content (AvgIpc) is 1.85. The van der Waals surface area contributed by atoms with Gasteiger partial charge in [-0.1, -0.05) is 23.2 Å². The lowest BCUT2D eigenvalue weighted by molar-refractivity contribution is 0.588. The molecule has 1 heterocycles. The molecule has 6 heteroatoms. The average molecular weight is 211 g/mol. The van der Waals surface area contributed by atoms with E-state index in [2.05, 4.69) is 9.97 Å². The highest BCUT2D eigenvalue weighted by Gasteiger charge is 2.01. The van der Waals surface area contributed by atoms with Crippen molar-refractivity contribution in [3.63, 3.8) is 0 Å². The van der Waals surface area contributed by atoms with Crippen LogP contribution >= 0.6 is 35.2 Å². The summed E-state index contributed by atoms with van der Waals surface area (Å²) in [4.78, 5) is 7.50. The van der Waals surface area contributed by atoms with E-state index in [9.17, 15) is 0 Å². The van der Waals surface area contributed by atoms with Gasteiger partial charge in [0.2, 0.25) is 0 Å². The molecule has 0 saturated heterocycles. The summed E-state index contributed by atoms with van der Waals surface area (Å²) in [7, 11) is 0. The van der Waals surface area contributed by atoms with Gasteiger partial charge in [0.15, 0.2) is 0 Å². The van der Waals surface area contributed by atoms with Gasteiger partial charge in [0.1, 0.15) is 10.3 Å². The monoisotopic (exact) mass is 210 g/mol. The van der Waals surface area contributed by atoms with E-state index < -0.39 is 0 Å². The number of hydrogen-bond acceptors (Lipinski definition) is 4. The van der Waals surface area contributed by atoms with Gasteiger partial charge in [0, 0.05) is 12.3 Å². The zero-order chi connectivity index (χ0) is 8.27. The van der Waals surface area contributed by atoms with E-state index in [-0.39, 0.29) is 16.3 Å². The first-order valence-electron chi connectivity index (χ1n) is 2.63. The molecular weight excluding hydrogens is 207 g/mol. The van der Waals surface area contributed by atoms with Gasteiger partial charge in [-0.2, -0.15) is 9.97 Å². The minimum absolute atomic E-state index is 0.176. The molecule has 0 aliphatic carbocycles. The van der Waals surface area contributed by atoms with Gasteiger partial charge in [-0.3, -0.25) is 0 Å². The minimum atomic E-state index is 0.176. The predicted molar refractivity (Wildman–Crippen MR) is 46.2 cm³/mol. The molecule has 60 valence electrons. The second kappa shape index (κ2) is 3.99. The summed E-state index contributed by atoms with van der Waals surface area (Å²) in [6.45, 7) is 0. The third-order valence-electron chi connectivity index (χ3n) is 0.801. The number of halogens is 2. The third kappa shape index (κ3) is 2.73. The Bertz CT molecular complexity index is 238. The Kier molecular flexibility index (Phi) is 3.23. The lowest BCUT2D eigenvalue weighted by Crippen LogP contribution is -1.89. The molecule has 0 aliphatic heterocycles. The topological polar surface area (TPSA) is 35.0 Å². The highest BCUT2D eigenvalue weighted by Crippen LogP contribution is 2.17. The summed E-state index contributed by atoms with van der Waals surface area (Å²) in [5.41, 5.74) is 0. The fourth-order valence-corrected chi connectivity index (χ4v) is 1.11. The van der Waals surface area contributed by atoms with Crippen molar-refractivity contribution in [3.8, 4) is 6.01 Å². The fourth-order valence-electron chi connectivity index (χ4n) is 0.482.